The Hall–Kier alpha value is -0.675. The van der Waals surface area contributed by atoms with E-state index in [1.54, 1.807) is 23.5 Å². The van der Waals surface area contributed by atoms with Crippen molar-refractivity contribution in [2.45, 2.75) is 6.92 Å². The molecule has 16 heavy (non-hydrogen) atoms. The van der Waals surface area contributed by atoms with Gasteiger partial charge in [-0.15, -0.1) is 23.5 Å². The molecule has 1 aliphatic heterocycles. The van der Waals surface area contributed by atoms with Gasteiger partial charge in [-0.2, -0.15) is 0 Å². The van der Waals surface area contributed by atoms with Crippen molar-refractivity contribution < 1.29 is 9.31 Å². The van der Waals surface area contributed by atoms with Crippen LogP contribution in [-0.4, -0.2) is 19.1 Å². The van der Waals surface area contributed by atoms with Crippen LogP contribution in [0.15, 0.2) is 34.5 Å². The first kappa shape index (κ1) is 11.8. The molecule has 0 radical (unpaired) electrons. The van der Waals surface area contributed by atoms with E-state index in [0.717, 1.165) is 22.1 Å². The molecule has 5 heteroatoms. The predicted octanol–water partition coefficient (Wildman–Crippen LogP) is 3.44. The maximum Gasteiger partial charge on any atom is 0.640 e. The Labute approximate surface area is 105 Å². The van der Waals surface area contributed by atoms with Gasteiger partial charge in [0.15, 0.2) is 0 Å². The minimum atomic E-state index is -0.272. The number of thioether (sulfide) groups is 2. The molecular weight excluding hydrogens is 239 g/mol. The summed E-state index contributed by atoms with van der Waals surface area (Å²) in [6.07, 6.45) is 2.04. The fraction of sp³-hybridized carbons (Fsp3) is 0.273. The second-order valence-corrected chi connectivity index (χ2v) is 5.22. The van der Waals surface area contributed by atoms with Gasteiger partial charge >= 0.3 is 7.12 Å². The second kappa shape index (κ2) is 5.59. The van der Waals surface area contributed by atoms with Crippen molar-refractivity contribution in [3.8, 4) is 11.5 Å². The van der Waals surface area contributed by atoms with Crippen LogP contribution in [0.25, 0.3) is 0 Å². The summed E-state index contributed by atoms with van der Waals surface area (Å²) in [5, 5.41) is 2.11. The van der Waals surface area contributed by atoms with Gasteiger partial charge in [-0.05, 0) is 29.5 Å². The molecule has 0 aliphatic carbocycles. The molecule has 1 aromatic rings. The number of fused-ring (bicyclic) bond motifs is 1. The summed E-state index contributed by atoms with van der Waals surface area (Å²) in [4.78, 5) is 1.11. The zero-order valence-electron chi connectivity index (χ0n) is 9.30. The van der Waals surface area contributed by atoms with Crippen molar-refractivity contribution >= 4 is 30.6 Å². The molecule has 0 saturated heterocycles. The average molecular weight is 252 g/mol. The van der Waals surface area contributed by atoms with Gasteiger partial charge in [0, 0.05) is 0 Å². The van der Waals surface area contributed by atoms with Crippen LogP contribution in [-0.2, 0) is 0 Å². The largest absolute Gasteiger partial charge is 0.640 e. The third kappa shape index (κ3) is 2.52. The molecule has 0 spiro atoms. The molecule has 0 fully saturated rings. The highest BCUT2D eigenvalue weighted by atomic mass is 32.2. The van der Waals surface area contributed by atoms with Gasteiger partial charge in [0.2, 0.25) is 0 Å². The summed E-state index contributed by atoms with van der Waals surface area (Å²) in [5.41, 5.74) is 0. The average Bonchev–Trinajstić information content (AvgIpc) is 2.73. The first-order valence-electron chi connectivity index (χ1n) is 5.13. The van der Waals surface area contributed by atoms with E-state index >= 15 is 0 Å². The molecule has 1 aliphatic rings. The van der Waals surface area contributed by atoms with Crippen molar-refractivity contribution in [2.75, 3.05) is 12.0 Å². The number of benzene rings is 1. The van der Waals surface area contributed by atoms with E-state index in [4.69, 9.17) is 9.31 Å². The van der Waals surface area contributed by atoms with Crippen molar-refractivity contribution in [1.29, 1.82) is 0 Å². The monoisotopic (exact) mass is 252 g/mol. The lowest BCUT2D eigenvalue weighted by Crippen LogP contribution is -2.26. The first-order valence-corrected chi connectivity index (χ1v) is 7.40. The highest BCUT2D eigenvalue weighted by Gasteiger charge is 2.35. The molecule has 0 unspecified atom stereocenters. The van der Waals surface area contributed by atoms with Crippen LogP contribution in [0, 0.1) is 0 Å². The molecular formula is C11H13BO2S2. The van der Waals surface area contributed by atoms with E-state index in [0.29, 0.717) is 0 Å². The highest BCUT2D eigenvalue weighted by molar-refractivity contribution is 8.07. The van der Waals surface area contributed by atoms with Crippen LogP contribution in [0.2, 0.25) is 0 Å². The van der Waals surface area contributed by atoms with Gasteiger partial charge in [0.05, 0.1) is 4.80 Å². The van der Waals surface area contributed by atoms with Crippen LogP contribution < -0.4 is 9.31 Å². The van der Waals surface area contributed by atoms with E-state index in [2.05, 4.69) is 12.3 Å². The van der Waals surface area contributed by atoms with Gasteiger partial charge in [0.1, 0.15) is 11.5 Å². The van der Waals surface area contributed by atoms with Crippen molar-refractivity contribution in [2.24, 2.45) is 0 Å². The molecule has 84 valence electrons. The Morgan fingerprint density at radius 2 is 1.94 bits per heavy atom. The topological polar surface area (TPSA) is 18.5 Å². The predicted molar refractivity (Wildman–Crippen MR) is 73.2 cm³/mol. The zero-order chi connectivity index (χ0) is 11.4. The minimum Gasteiger partial charge on any atom is -0.519 e. The Kier molecular flexibility index (Phi) is 4.12. The number of hydrogen-bond acceptors (Lipinski definition) is 4. The molecule has 0 bridgehead atoms. The molecule has 1 aromatic carbocycles. The Morgan fingerprint density at radius 1 is 1.31 bits per heavy atom. The molecule has 0 atom stereocenters. The quantitative estimate of drug-likeness (QED) is 0.764. The van der Waals surface area contributed by atoms with E-state index in [9.17, 15) is 0 Å². The van der Waals surface area contributed by atoms with E-state index < -0.39 is 0 Å². The van der Waals surface area contributed by atoms with E-state index in [1.807, 2.05) is 30.5 Å². The van der Waals surface area contributed by atoms with E-state index in [1.165, 1.54) is 0 Å². The van der Waals surface area contributed by atoms with Gasteiger partial charge in [0.25, 0.3) is 0 Å². The summed E-state index contributed by atoms with van der Waals surface area (Å²) in [6, 6.07) is 7.77. The SMILES string of the molecule is CCS/C=C(\SC)B1Oc2ccccc2O1. The van der Waals surface area contributed by atoms with Crippen LogP contribution in [0.5, 0.6) is 11.5 Å². The number of para-hydroxylation sites is 2. The Morgan fingerprint density at radius 3 is 2.44 bits per heavy atom. The summed E-state index contributed by atoms with van der Waals surface area (Å²) < 4.78 is 11.5. The third-order valence-corrected chi connectivity index (χ3v) is 3.84. The number of rotatable bonds is 4. The lowest BCUT2D eigenvalue weighted by atomic mass is 9.91. The lowest BCUT2D eigenvalue weighted by Gasteiger charge is -2.06. The lowest BCUT2D eigenvalue weighted by molar-refractivity contribution is 0.516. The van der Waals surface area contributed by atoms with Crippen LogP contribution >= 0.6 is 23.5 Å². The number of hydrogen-bond donors (Lipinski definition) is 0. The standard InChI is InChI=1S/C11H13BO2S2/c1-3-16-8-11(15-2)12-13-9-6-4-5-7-10(9)14-12/h4-8H,3H2,1-2H3/b11-8-. The smallest absolute Gasteiger partial charge is 0.519 e. The summed E-state index contributed by atoms with van der Waals surface area (Å²) >= 11 is 3.43. The van der Waals surface area contributed by atoms with E-state index in [-0.39, 0.29) is 7.12 Å². The summed E-state index contributed by atoms with van der Waals surface area (Å²) in [5.74, 6) is 2.71. The summed E-state index contributed by atoms with van der Waals surface area (Å²) in [7, 11) is -0.272. The Bertz CT molecular complexity index is 370. The fourth-order valence-electron chi connectivity index (χ4n) is 1.38. The van der Waals surface area contributed by atoms with Crippen LogP contribution in [0.3, 0.4) is 0 Å². The highest BCUT2D eigenvalue weighted by Crippen LogP contribution is 2.36. The summed E-state index contributed by atoms with van der Waals surface area (Å²) in [6.45, 7) is 2.13. The minimum absolute atomic E-state index is 0.272. The van der Waals surface area contributed by atoms with Gasteiger partial charge in [-0.25, -0.2) is 0 Å². The van der Waals surface area contributed by atoms with Gasteiger partial charge in [-0.3, -0.25) is 0 Å². The molecule has 0 amide bonds. The normalized spacial score (nSPS) is 14.4. The van der Waals surface area contributed by atoms with Crippen LogP contribution in [0.4, 0.5) is 0 Å². The fourth-order valence-corrected chi connectivity index (χ4v) is 2.70. The van der Waals surface area contributed by atoms with Crippen molar-refractivity contribution in [1.82, 2.24) is 0 Å². The van der Waals surface area contributed by atoms with Gasteiger partial charge < -0.3 is 9.31 Å². The molecule has 0 aromatic heterocycles. The Balaban J connectivity index is 2.09. The first-order chi connectivity index (χ1) is 7.85. The zero-order valence-corrected chi connectivity index (χ0v) is 10.9. The second-order valence-electron chi connectivity index (χ2n) is 3.19. The molecule has 2 nitrogen and oxygen atoms in total. The maximum absolute atomic E-state index is 5.73. The van der Waals surface area contributed by atoms with Crippen molar-refractivity contribution in [3.05, 3.63) is 34.5 Å². The van der Waals surface area contributed by atoms with Crippen molar-refractivity contribution in [3.63, 3.8) is 0 Å². The molecule has 0 saturated carbocycles. The van der Waals surface area contributed by atoms with Crippen LogP contribution in [0.1, 0.15) is 6.92 Å². The molecule has 1 heterocycles. The van der Waals surface area contributed by atoms with Gasteiger partial charge in [-0.1, -0.05) is 19.1 Å². The third-order valence-electron chi connectivity index (χ3n) is 2.15. The molecule has 2 rings (SSSR count). The maximum atomic E-state index is 5.73. The molecule has 0 N–H and O–H groups in total.